The lowest BCUT2D eigenvalue weighted by Gasteiger charge is -2.50. The van der Waals surface area contributed by atoms with E-state index in [1.165, 1.54) is 6.07 Å². The number of rotatable bonds is 4. The van der Waals surface area contributed by atoms with E-state index in [1.54, 1.807) is 46.2 Å². The van der Waals surface area contributed by atoms with Crippen LogP contribution in [-0.4, -0.2) is 40.6 Å². The number of piperidine rings is 1. The summed E-state index contributed by atoms with van der Waals surface area (Å²) in [6.07, 6.45) is 1.66. The molecule has 3 amide bonds. The number of benzene rings is 3. The normalized spacial score (nSPS) is 16.6. The molecule has 1 fully saturated rings. The van der Waals surface area contributed by atoms with Gasteiger partial charge in [-0.15, -0.1) is 0 Å². The monoisotopic (exact) mass is 473 g/mol. The molecule has 0 radical (unpaired) electrons. The summed E-state index contributed by atoms with van der Waals surface area (Å²) < 4.78 is 21.0. The molecule has 2 aliphatic rings. The summed E-state index contributed by atoms with van der Waals surface area (Å²) in [5.74, 6) is -0.0253. The number of carbonyl (C=O) groups is 2. The summed E-state index contributed by atoms with van der Waals surface area (Å²) >= 11 is 0. The topological polar surface area (TPSA) is 61.9 Å². The third-order valence-corrected chi connectivity index (χ3v) is 6.91. The van der Waals surface area contributed by atoms with Crippen LogP contribution in [-0.2, 0) is 13.0 Å². The van der Waals surface area contributed by atoms with E-state index in [2.05, 4.69) is 12.2 Å². The zero-order chi connectivity index (χ0) is 24.4. The number of nitrogens with zero attached hydrogens (tertiary/aromatic N) is 2. The summed E-state index contributed by atoms with van der Waals surface area (Å²) in [4.78, 5) is 30.0. The molecule has 3 aromatic carbocycles. The number of urea groups is 1. The Balaban J connectivity index is 1.38. The molecule has 180 valence electrons. The van der Waals surface area contributed by atoms with Crippen molar-refractivity contribution in [3.05, 3.63) is 95.3 Å². The fraction of sp³-hybridized carbons (Fsp3) is 0.286. The van der Waals surface area contributed by atoms with Crippen molar-refractivity contribution in [2.75, 3.05) is 18.4 Å². The van der Waals surface area contributed by atoms with Crippen LogP contribution in [0.3, 0.4) is 0 Å². The maximum absolute atomic E-state index is 14.5. The fourth-order valence-corrected chi connectivity index (χ4v) is 4.91. The van der Waals surface area contributed by atoms with E-state index in [4.69, 9.17) is 4.74 Å². The SMILES string of the molecule is CCc1ccccc1NC(=O)N1CCC2(CC1)Oc1ccccc1C(=O)N2Cc1ccccc1F. The average Bonchev–Trinajstić information content (AvgIpc) is 2.88. The highest BCUT2D eigenvalue weighted by Gasteiger charge is 2.49. The average molecular weight is 474 g/mol. The first-order valence-electron chi connectivity index (χ1n) is 12.0. The lowest BCUT2D eigenvalue weighted by molar-refractivity contribution is -0.109. The van der Waals surface area contributed by atoms with Crippen LogP contribution in [0.1, 0.15) is 41.3 Å². The smallest absolute Gasteiger partial charge is 0.321 e. The molecule has 1 spiro atoms. The van der Waals surface area contributed by atoms with E-state index in [0.29, 0.717) is 42.8 Å². The van der Waals surface area contributed by atoms with Crippen molar-refractivity contribution in [3.8, 4) is 5.75 Å². The molecule has 7 heteroatoms. The molecule has 1 N–H and O–H groups in total. The molecular weight excluding hydrogens is 445 g/mol. The van der Waals surface area contributed by atoms with Crippen LogP contribution < -0.4 is 10.1 Å². The van der Waals surface area contributed by atoms with Gasteiger partial charge in [-0.3, -0.25) is 9.69 Å². The number of ether oxygens (including phenoxy) is 1. The van der Waals surface area contributed by atoms with Crippen LogP contribution in [0.4, 0.5) is 14.9 Å². The summed E-state index contributed by atoms with van der Waals surface area (Å²) in [5, 5.41) is 3.02. The lowest BCUT2D eigenvalue weighted by Crippen LogP contribution is -2.63. The third kappa shape index (κ3) is 4.34. The largest absolute Gasteiger partial charge is 0.467 e. The molecule has 35 heavy (non-hydrogen) atoms. The van der Waals surface area contributed by atoms with Crippen LogP contribution in [0.15, 0.2) is 72.8 Å². The van der Waals surface area contributed by atoms with Gasteiger partial charge in [0.1, 0.15) is 11.6 Å². The Labute approximate surface area is 204 Å². The van der Waals surface area contributed by atoms with Crippen molar-refractivity contribution in [3.63, 3.8) is 0 Å². The van der Waals surface area contributed by atoms with Crippen LogP contribution in [0.25, 0.3) is 0 Å². The predicted octanol–water partition coefficient (Wildman–Crippen LogP) is 5.45. The zero-order valence-electron chi connectivity index (χ0n) is 19.7. The minimum atomic E-state index is -0.953. The number of nitrogens with one attached hydrogen (secondary N) is 1. The Bertz CT molecular complexity index is 1250. The van der Waals surface area contributed by atoms with Crippen molar-refractivity contribution < 1.29 is 18.7 Å². The van der Waals surface area contributed by atoms with Crippen LogP contribution in [0, 0.1) is 5.82 Å². The van der Waals surface area contributed by atoms with Crippen molar-refractivity contribution in [2.45, 2.75) is 38.5 Å². The van der Waals surface area contributed by atoms with Crippen LogP contribution >= 0.6 is 0 Å². The first kappa shape index (κ1) is 22.9. The van der Waals surface area contributed by atoms with Crippen molar-refractivity contribution >= 4 is 17.6 Å². The van der Waals surface area contributed by atoms with E-state index in [-0.39, 0.29) is 24.3 Å². The highest BCUT2D eigenvalue weighted by Crippen LogP contribution is 2.40. The molecular formula is C28H28FN3O3. The number of carbonyl (C=O) groups excluding carboxylic acids is 2. The van der Waals surface area contributed by atoms with Gasteiger partial charge < -0.3 is 15.0 Å². The van der Waals surface area contributed by atoms with Gasteiger partial charge in [0.2, 0.25) is 0 Å². The van der Waals surface area contributed by atoms with Crippen molar-refractivity contribution in [2.24, 2.45) is 0 Å². The van der Waals surface area contributed by atoms with Gasteiger partial charge in [0.25, 0.3) is 5.91 Å². The Hall–Kier alpha value is -3.87. The molecule has 6 nitrogen and oxygen atoms in total. The number of hydrogen-bond donors (Lipinski definition) is 1. The summed E-state index contributed by atoms with van der Waals surface area (Å²) in [7, 11) is 0. The summed E-state index contributed by atoms with van der Waals surface area (Å²) in [5.41, 5.74) is 1.82. The van der Waals surface area contributed by atoms with Crippen molar-refractivity contribution in [1.82, 2.24) is 9.80 Å². The Morgan fingerprint density at radius 3 is 2.37 bits per heavy atom. The van der Waals surface area contributed by atoms with Gasteiger partial charge in [0, 0.05) is 37.2 Å². The van der Waals surface area contributed by atoms with E-state index >= 15 is 0 Å². The summed E-state index contributed by atoms with van der Waals surface area (Å²) in [6, 6.07) is 21.2. The number of hydrogen-bond acceptors (Lipinski definition) is 3. The minimum Gasteiger partial charge on any atom is -0.467 e. The molecule has 2 aliphatic heterocycles. The molecule has 0 atom stereocenters. The fourth-order valence-electron chi connectivity index (χ4n) is 4.91. The first-order chi connectivity index (χ1) is 17.0. The number of amides is 3. The maximum Gasteiger partial charge on any atom is 0.321 e. The van der Waals surface area contributed by atoms with E-state index < -0.39 is 5.72 Å². The second-order valence-electron chi connectivity index (χ2n) is 8.96. The second kappa shape index (κ2) is 9.41. The van der Waals surface area contributed by atoms with Gasteiger partial charge in [-0.25, -0.2) is 9.18 Å². The van der Waals surface area contributed by atoms with Crippen LogP contribution in [0.2, 0.25) is 0 Å². The van der Waals surface area contributed by atoms with E-state index in [9.17, 15) is 14.0 Å². The van der Waals surface area contributed by atoms with Gasteiger partial charge in [-0.05, 0) is 36.2 Å². The molecule has 3 aromatic rings. The molecule has 1 saturated heterocycles. The van der Waals surface area contributed by atoms with E-state index in [1.807, 2.05) is 30.3 Å². The summed E-state index contributed by atoms with van der Waals surface area (Å²) in [6.45, 7) is 2.96. The highest BCUT2D eigenvalue weighted by molar-refractivity contribution is 5.98. The number of aryl methyl sites for hydroxylation is 1. The van der Waals surface area contributed by atoms with E-state index in [0.717, 1.165) is 17.7 Å². The number of likely N-dealkylation sites (tertiary alicyclic amines) is 1. The second-order valence-corrected chi connectivity index (χ2v) is 8.96. The zero-order valence-corrected chi connectivity index (χ0v) is 19.7. The molecule has 0 saturated carbocycles. The quantitative estimate of drug-likeness (QED) is 0.548. The molecule has 5 rings (SSSR count). The predicted molar refractivity (Wildman–Crippen MR) is 132 cm³/mol. The Morgan fingerprint density at radius 1 is 0.971 bits per heavy atom. The third-order valence-electron chi connectivity index (χ3n) is 6.91. The Morgan fingerprint density at radius 2 is 1.63 bits per heavy atom. The highest BCUT2D eigenvalue weighted by atomic mass is 19.1. The van der Waals surface area contributed by atoms with Gasteiger partial charge in [-0.1, -0.05) is 55.5 Å². The molecule has 2 heterocycles. The lowest BCUT2D eigenvalue weighted by atomic mass is 9.93. The number of fused-ring (bicyclic) bond motifs is 1. The van der Waals surface area contributed by atoms with Gasteiger partial charge in [-0.2, -0.15) is 0 Å². The number of halogens is 1. The molecule has 0 aromatic heterocycles. The first-order valence-corrected chi connectivity index (χ1v) is 12.0. The van der Waals surface area contributed by atoms with Gasteiger partial charge in [0.05, 0.1) is 12.1 Å². The number of anilines is 1. The standard InChI is InChI=1S/C28H28FN3O3/c1-2-20-9-4-7-13-24(20)30-27(34)31-17-15-28(16-18-31)32(19-21-10-3-6-12-23(21)29)26(33)22-11-5-8-14-25(22)35-28/h3-14H,2,15-19H2,1H3,(H,30,34). The molecule has 0 aliphatic carbocycles. The van der Waals surface area contributed by atoms with Gasteiger partial charge >= 0.3 is 6.03 Å². The van der Waals surface area contributed by atoms with Crippen LogP contribution in [0.5, 0.6) is 5.75 Å². The van der Waals surface area contributed by atoms with Crippen molar-refractivity contribution in [1.29, 1.82) is 0 Å². The molecule has 0 bridgehead atoms. The minimum absolute atomic E-state index is 0.0932. The number of para-hydroxylation sites is 2. The molecule has 0 unspecified atom stereocenters. The maximum atomic E-state index is 14.5. The van der Waals surface area contributed by atoms with Gasteiger partial charge in [0.15, 0.2) is 5.72 Å². The Kier molecular flexibility index (Phi) is 6.16.